The van der Waals surface area contributed by atoms with Gasteiger partial charge in [0.1, 0.15) is 5.82 Å². The fourth-order valence-corrected chi connectivity index (χ4v) is 1.42. The minimum Gasteiger partial charge on any atom is -0.206 e. The Morgan fingerprint density at radius 1 is 1.08 bits per heavy atom. The SMILES string of the molecule is C#Cc1cccc2cccc(F)c12. The summed E-state index contributed by atoms with van der Waals surface area (Å²) >= 11 is 0. The highest BCUT2D eigenvalue weighted by atomic mass is 19.1. The van der Waals surface area contributed by atoms with Crippen molar-refractivity contribution in [2.24, 2.45) is 0 Å². The molecule has 0 aromatic heterocycles. The molecular formula is C12H7F. The topological polar surface area (TPSA) is 0 Å². The van der Waals surface area contributed by atoms with E-state index in [4.69, 9.17) is 6.42 Å². The lowest BCUT2D eigenvalue weighted by Gasteiger charge is -2.00. The number of hydrogen-bond donors (Lipinski definition) is 0. The van der Waals surface area contributed by atoms with Crippen molar-refractivity contribution in [3.63, 3.8) is 0 Å². The van der Waals surface area contributed by atoms with Crippen molar-refractivity contribution in [3.05, 3.63) is 47.8 Å². The smallest absolute Gasteiger partial charge is 0.132 e. The van der Waals surface area contributed by atoms with Crippen LogP contribution in [-0.2, 0) is 0 Å². The van der Waals surface area contributed by atoms with Gasteiger partial charge in [0.05, 0.1) is 0 Å². The molecule has 0 N–H and O–H groups in total. The molecule has 2 aromatic carbocycles. The van der Waals surface area contributed by atoms with Crippen LogP contribution in [0.2, 0.25) is 0 Å². The molecule has 0 nitrogen and oxygen atoms in total. The van der Waals surface area contributed by atoms with Gasteiger partial charge >= 0.3 is 0 Å². The van der Waals surface area contributed by atoms with Crippen LogP contribution in [-0.4, -0.2) is 0 Å². The first-order valence-corrected chi connectivity index (χ1v) is 3.97. The fourth-order valence-electron chi connectivity index (χ4n) is 1.42. The third-order valence-corrected chi connectivity index (χ3v) is 2.01. The number of terminal acetylenes is 1. The van der Waals surface area contributed by atoms with Crippen molar-refractivity contribution in [2.75, 3.05) is 0 Å². The highest BCUT2D eigenvalue weighted by Crippen LogP contribution is 2.20. The van der Waals surface area contributed by atoms with E-state index >= 15 is 0 Å². The molecule has 0 heterocycles. The van der Waals surface area contributed by atoms with Crippen LogP contribution in [0.1, 0.15) is 5.56 Å². The Hall–Kier alpha value is -1.81. The fraction of sp³-hybridized carbons (Fsp3) is 0. The second-order valence-corrected chi connectivity index (χ2v) is 2.79. The molecule has 0 amide bonds. The van der Waals surface area contributed by atoms with Crippen molar-refractivity contribution in [1.82, 2.24) is 0 Å². The average molecular weight is 170 g/mol. The summed E-state index contributed by atoms with van der Waals surface area (Å²) < 4.78 is 13.3. The normalized spacial score (nSPS) is 9.85. The summed E-state index contributed by atoms with van der Waals surface area (Å²) in [6.45, 7) is 0. The van der Waals surface area contributed by atoms with Crippen LogP contribution in [0.25, 0.3) is 10.8 Å². The largest absolute Gasteiger partial charge is 0.206 e. The van der Waals surface area contributed by atoms with Gasteiger partial charge in [0.15, 0.2) is 0 Å². The van der Waals surface area contributed by atoms with Crippen LogP contribution >= 0.6 is 0 Å². The van der Waals surface area contributed by atoms with Gasteiger partial charge in [0, 0.05) is 10.9 Å². The lowest BCUT2D eigenvalue weighted by atomic mass is 10.0. The van der Waals surface area contributed by atoms with Crippen molar-refractivity contribution in [1.29, 1.82) is 0 Å². The zero-order chi connectivity index (χ0) is 9.26. The molecule has 62 valence electrons. The van der Waals surface area contributed by atoms with Gasteiger partial charge in [-0.1, -0.05) is 30.2 Å². The Morgan fingerprint density at radius 2 is 1.77 bits per heavy atom. The van der Waals surface area contributed by atoms with E-state index in [1.807, 2.05) is 18.2 Å². The maximum Gasteiger partial charge on any atom is 0.132 e. The van der Waals surface area contributed by atoms with Gasteiger partial charge in [-0.05, 0) is 17.5 Å². The molecule has 0 radical (unpaired) electrons. The third kappa shape index (κ3) is 1.17. The number of benzene rings is 2. The lowest BCUT2D eigenvalue weighted by Crippen LogP contribution is -1.83. The molecular weight excluding hydrogens is 163 g/mol. The molecule has 2 aromatic rings. The molecule has 1 heteroatoms. The van der Waals surface area contributed by atoms with E-state index in [2.05, 4.69) is 5.92 Å². The van der Waals surface area contributed by atoms with Gasteiger partial charge in [-0.15, -0.1) is 6.42 Å². The number of fused-ring (bicyclic) bond motifs is 1. The molecule has 13 heavy (non-hydrogen) atoms. The van der Waals surface area contributed by atoms with E-state index in [0.717, 1.165) is 5.39 Å². The van der Waals surface area contributed by atoms with E-state index < -0.39 is 0 Å². The zero-order valence-electron chi connectivity index (χ0n) is 6.92. The van der Waals surface area contributed by atoms with Gasteiger partial charge < -0.3 is 0 Å². The molecule has 0 aliphatic carbocycles. The van der Waals surface area contributed by atoms with Crippen LogP contribution in [0, 0.1) is 18.2 Å². The van der Waals surface area contributed by atoms with Crippen LogP contribution in [0.3, 0.4) is 0 Å². The van der Waals surface area contributed by atoms with Gasteiger partial charge in [-0.3, -0.25) is 0 Å². The molecule has 0 spiro atoms. The molecule has 0 aliphatic rings. The predicted molar refractivity (Wildman–Crippen MR) is 51.8 cm³/mol. The molecule has 0 saturated carbocycles. The quantitative estimate of drug-likeness (QED) is 0.533. The monoisotopic (exact) mass is 170 g/mol. The molecule has 0 saturated heterocycles. The number of hydrogen-bond acceptors (Lipinski definition) is 0. The van der Waals surface area contributed by atoms with E-state index in [1.54, 1.807) is 12.1 Å². The van der Waals surface area contributed by atoms with Crippen LogP contribution in [0.15, 0.2) is 36.4 Å². The predicted octanol–water partition coefficient (Wildman–Crippen LogP) is 2.96. The summed E-state index contributed by atoms with van der Waals surface area (Å²) in [6.07, 6.45) is 5.27. The zero-order valence-corrected chi connectivity index (χ0v) is 6.92. The summed E-state index contributed by atoms with van der Waals surface area (Å²) in [4.78, 5) is 0. The van der Waals surface area contributed by atoms with Crippen molar-refractivity contribution >= 4 is 10.8 Å². The van der Waals surface area contributed by atoms with Crippen LogP contribution < -0.4 is 0 Å². The minimum absolute atomic E-state index is 0.258. The van der Waals surface area contributed by atoms with E-state index in [-0.39, 0.29) is 5.82 Å². The van der Waals surface area contributed by atoms with E-state index in [9.17, 15) is 4.39 Å². The first-order chi connectivity index (χ1) is 6.33. The first kappa shape index (κ1) is 7.82. The standard InChI is InChI=1S/C12H7F/c1-2-9-5-3-6-10-7-4-8-11(13)12(9)10/h1,3-8H. The molecule has 0 unspecified atom stereocenters. The number of rotatable bonds is 0. The summed E-state index contributed by atoms with van der Waals surface area (Å²) in [7, 11) is 0. The second-order valence-electron chi connectivity index (χ2n) is 2.79. The third-order valence-electron chi connectivity index (χ3n) is 2.01. The molecule has 0 aliphatic heterocycles. The lowest BCUT2D eigenvalue weighted by molar-refractivity contribution is 0.639. The molecule has 0 bridgehead atoms. The molecule has 0 atom stereocenters. The Labute approximate surface area is 76.0 Å². The summed E-state index contributed by atoms with van der Waals surface area (Å²) in [5, 5.41) is 1.38. The van der Waals surface area contributed by atoms with Crippen molar-refractivity contribution in [2.45, 2.75) is 0 Å². The minimum atomic E-state index is -0.258. The number of halogens is 1. The molecule has 0 fully saturated rings. The van der Waals surface area contributed by atoms with Gasteiger partial charge in [-0.25, -0.2) is 4.39 Å². The Balaban J connectivity index is 2.97. The van der Waals surface area contributed by atoms with E-state index in [0.29, 0.717) is 10.9 Å². The Morgan fingerprint density at radius 3 is 2.46 bits per heavy atom. The van der Waals surface area contributed by atoms with Crippen molar-refractivity contribution in [3.8, 4) is 12.3 Å². The van der Waals surface area contributed by atoms with Gasteiger partial charge in [0.2, 0.25) is 0 Å². The van der Waals surface area contributed by atoms with Gasteiger partial charge in [0.25, 0.3) is 0 Å². The highest BCUT2D eigenvalue weighted by molar-refractivity contribution is 5.88. The Bertz CT molecular complexity index is 487. The molecule has 2 rings (SSSR count). The summed E-state index contributed by atoms with van der Waals surface area (Å²) in [6, 6.07) is 10.4. The summed E-state index contributed by atoms with van der Waals surface area (Å²) in [5.41, 5.74) is 0.607. The van der Waals surface area contributed by atoms with Gasteiger partial charge in [-0.2, -0.15) is 0 Å². The average Bonchev–Trinajstić information content (AvgIpc) is 2.17. The van der Waals surface area contributed by atoms with Crippen molar-refractivity contribution < 1.29 is 4.39 Å². The first-order valence-electron chi connectivity index (χ1n) is 3.97. The Kier molecular flexibility index (Phi) is 1.75. The summed E-state index contributed by atoms with van der Waals surface area (Å²) in [5.74, 6) is 2.21. The maximum atomic E-state index is 13.3. The van der Waals surface area contributed by atoms with E-state index in [1.165, 1.54) is 6.07 Å². The second kappa shape index (κ2) is 2.91. The van der Waals surface area contributed by atoms with Crippen LogP contribution in [0.5, 0.6) is 0 Å². The maximum absolute atomic E-state index is 13.3. The van der Waals surface area contributed by atoms with Crippen LogP contribution in [0.4, 0.5) is 4.39 Å². The highest BCUT2D eigenvalue weighted by Gasteiger charge is 2.02.